The van der Waals surface area contributed by atoms with Gasteiger partial charge in [-0.05, 0) is 50.1 Å². The Morgan fingerprint density at radius 1 is 1.09 bits per heavy atom. The molecule has 174 valence electrons. The molecule has 1 fully saturated rings. The minimum Gasteiger partial charge on any atom is -0.466 e. The van der Waals surface area contributed by atoms with Crippen LogP contribution in [0, 0.1) is 5.92 Å². The van der Waals surface area contributed by atoms with Gasteiger partial charge in [0.05, 0.1) is 33.9 Å². The fourth-order valence-corrected chi connectivity index (χ4v) is 5.23. The maximum absolute atomic E-state index is 12.8. The van der Waals surface area contributed by atoms with E-state index in [1.165, 1.54) is 11.3 Å². The summed E-state index contributed by atoms with van der Waals surface area (Å²) < 4.78 is 5.82. The molecule has 9 nitrogen and oxygen atoms in total. The molecular weight excluding hydrogens is 456 g/mol. The number of hydrogen-bond donors (Lipinski definition) is 1. The van der Waals surface area contributed by atoms with Crippen LogP contribution in [0.5, 0.6) is 0 Å². The number of aromatic nitrogens is 1. The third-order valence-electron chi connectivity index (χ3n) is 6.02. The van der Waals surface area contributed by atoms with E-state index in [1.807, 2.05) is 0 Å². The molecule has 3 aromatic rings. The molecule has 2 aliphatic heterocycles. The topological polar surface area (TPSA) is 109 Å². The molecule has 0 aliphatic carbocycles. The van der Waals surface area contributed by atoms with Gasteiger partial charge in [0.25, 0.3) is 11.8 Å². The second-order valence-corrected chi connectivity index (χ2v) is 9.12. The zero-order valence-electron chi connectivity index (χ0n) is 18.4. The normalized spacial score (nSPS) is 16.1. The number of benzene rings is 2. The lowest BCUT2D eigenvalue weighted by atomic mass is 9.97. The van der Waals surface area contributed by atoms with Crippen molar-refractivity contribution in [3.63, 3.8) is 0 Å². The van der Waals surface area contributed by atoms with E-state index in [2.05, 4.69) is 10.3 Å². The number of carbonyl (C=O) groups excluding carboxylic acids is 4. The predicted molar refractivity (Wildman–Crippen MR) is 127 cm³/mol. The molecule has 2 aromatic carbocycles. The van der Waals surface area contributed by atoms with Gasteiger partial charge in [-0.3, -0.25) is 14.4 Å². The summed E-state index contributed by atoms with van der Waals surface area (Å²) in [5.41, 5.74) is 1.95. The Morgan fingerprint density at radius 3 is 2.41 bits per heavy atom. The van der Waals surface area contributed by atoms with E-state index in [4.69, 9.17) is 4.74 Å². The summed E-state index contributed by atoms with van der Waals surface area (Å²) in [7, 11) is 0. The number of imide groups is 1. The Bertz CT molecular complexity index is 1280. The Balaban J connectivity index is 1.28. The summed E-state index contributed by atoms with van der Waals surface area (Å²) in [6, 6.07) is 11.7. The highest BCUT2D eigenvalue weighted by Gasteiger charge is 2.38. The molecule has 2 aliphatic rings. The summed E-state index contributed by atoms with van der Waals surface area (Å²) in [5.74, 6) is -1.15. The van der Waals surface area contributed by atoms with Gasteiger partial charge in [0.1, 0.15) is 0 Å². The molecule has 10 heteroatoms. The van der Waals surface area contributed by atoms with Crippen LogP contribution in [0.3, 0.4) is 0 Å². The number of nitrogens with zero attached hydrogens (tertiary/aromatic N) is 3. The lowest BCUT2D eigenvalue weighted by molar-refractivity contribution is -0.149. The van der Waals surface area contributed by atoms with Crippen molar-refractivity contribution in [2.75, 3.05) is 29.9 Å². The van der Waals surface area contributed by atoms with Crippen molar-refractivity contribution in [1.29, 1.82) is 0 Å². The van der Waals surface area contributed by atoms with Gasteiger partial charge in [0.2, 0.25) is 5.13 Å². The van der Waals surface area contributed by atoms with Crippen molar-refractivity contribution in [1.82, 2.24) is 9.88 Å². The zero-order chi connectivity index (χ0) is 23.8. The highest BCUT2D eigenvalue weighted by molar-refractivity contribution is 7.22. The van der Waals surface area contributed by atoms with E-state index < -0.39 is 0 Å². The van der Waals surface area contributed by atoms with Gasteiger partial charge in [-0.1, -0.05) is 23.5 Å². The number of nitrogens with one attached hydrogen (secondary N) is 1. The molecule has 0 radical (unpaired) electrons. The van der Waals surface area contributed by atoms with Crippen molar-refractivity contribution in [3.05, 3.63) is 53.6 Å². The van der Waals surface area contributed by atoms with Crippen LogP contribution in [0.2, 0.25) is 0 Å². The maximum Gasteiger partial charge on any atom is 0.321 e. The van der Waals surface area contributed by atoms with Crippen molar-refractivity contribution in [3.8, 4) is 0 Å². The van der Waals surface area contributed by atoms with Crippen molar-refractivity contribution >= 4 is 56.2 Å². The molecule has 1 aromatic heterocycles. The van der Waals surface area contributed by atoms with Gasteiger partial charge in [-0.15, -0.1) is 0 Å². The molecule has 1 saturated heterocycles. The van der Waals surface area contributed by atoms with Crippen LogP contribution >= 0.6 is 11.3 Å². The minimum atomic E-state index is -0.389. The molecule has 3 heterocycles. The van der Waals surface area contributed by atoms with Crippen LogP contribution in [0.1, 0.15) is 40.5 Å². The predicted octanol–water partition coefficient (Wildman–Crippen LogP) is 3.90. The van der Waals surface area contributed by atoms with Gasteiger partial charge >= 0.3 is 12.0 Å². The molecule has 5 rings (SSSR count). The number of anilines is 2. The van der Waals surface area contributed by atoms with E-state index in [0.717, 1.165) is 9.60 Å². The molecule has 34 heavy (non-hydrogen) atoms. The average molecular weight is 479 g/mol. The lowest BCUT2D eigenvalue weighted by Crippen LogP contribution is -2.42. The molecular formula is C24H22N4O5S. The largest absolute Gasteiger partial charge is 0.466 e. The van der Waals surface area contributed by atoms with E-state index in [9.17, 15) is 19.2 Å². The van der Waals surface area contributed by atoms with Crippen LogP contribution in [0.15, 0.2) is 42.5 Å². The van der Waals surface area contributed by atoms with Gasteiger partial charge in [-0.2, -0.15) is 0 Å². The number of carbonyl (C=O) groups is 4. The second kappa shape index (κ2) is 8.86. The fourth-order valence-electron chi connectivity index (χ4n) is 4.23. The van der Waals surface area contributed by atoms with E-state index in [1.54, 1.807) is 54.3 Å². The first kappa shape index (κ1) is 22.0. The van der Waals surface area contributed by atoms with Gasteiger partial charge < -0.3 is 15.0 Å². The molecule has 0 saturated carbocycles. The molecule has 0 atom stereocenters. The number of likely N-dealkylation sites (tertiary alicyclic amines) is 1. The standard InChI is InChI=1S/C24H22N4O5S/c1-2-33-22(31)14-9-11-27(12-10-14)23(32)25-15-7-8-18-19(13-15)34-24(26-18)28-20(29)16-5-3-4-6-17(16)21(28)30/h3-8,13-14H,2,9-12H2,1H3,(H,25,32). The quantitative estimate of drug-likeness (QED) is 0.450. The van der Waals surface area contributed by atoms with Crippen molar-refractivity contribution in [2.24, 2.45) is 5.92 Å². The number of thiazole rings is 1. The molecule has 0 bridgehead atoms. The van der Waals surface area contributed by atoms with Crippen LogP contribution in [0.25, 0.3) is 10.2 Å². The first-order valence-corrected chi connectivity index (χ1v) is 11.9. The number of fused-ring (bicyclic) bond motifs is 2. The van der Waals surface area contributed by atoms with E-state index in [-0.39, 0.29) is 29.7 Å². The number of rotatable bonds is 4. The van der Waals surface area contributed by atoms with Crippen LogP contribution < -0.4 is 10.2 Å². The van der Waals surface area contributed by atoms with Gasteiger partial charge in [0, 0.05) is 18.8 Å². The summed E-state index contributed by atoms with van der Waals surface area (Å²) in [6.07, 6.45) is 1.15. The molecule has 1 N–H and O–H groups in total. The van der Waals surface area contributed by atoms with Crippen LogP contribution in [-0.4, -0.2) is 53.4 Å². The van der Waals surface area contributed by atoms with Crippen molar-refractivity contribution in [2.45, 2.75) is 19.8 Å². The fraction of sp³-hybridized carbons (Fsp3) is 0.292. The number of piperidine rings is 1. The molecule has 4 amide bonds. The molecule has 0 spiro atoms. The van der Waals surface area contributed by atoms with Gasteiger partial charge in [-0.25, -0.2) is 14.7 Å². The van der Waals surface area contributed by atoms with E-state index in [0.29, 0.717) is 60.0 Å². The first-order valence-electron chi connectivity index (χ1n) is 11.1. The summed E-state index contributed by atoms with van der Waals surface area (Å²) in [4.78, 5) is 57.4. The SMILES string of the molecule is CCOC(=O)C1CCN(C(=O)Nc2ccc3nc(N4C(=O)c5ccccc5C4=O)sc3c2)CC1. The number of esters is 1. The van der Waals surface area contributed by atoms with E-state index >= 15 is 0 Å². The third kappa shape index (κ3) is 3.90. The van der Waals surface area contributed by atoms with Crippen LogP contribution in [-0.2, 0) is 9.53 Å². The Labute approximate surface area is 199 Å². The Morgan fingerprint density at radius 2 is 1.76 bits per heavy atom. The maximum atomic E-state index is 12.8. The number of ether oxygens (including phenoxy) is 1. The van der Waals surface area contributed by atoms with Gasteiger partial charge in [0.15, 0.2) is 0 Å². The highest BCUT2D eigenvalue weighted by Crippen LogP contribution is 2.35. The summed E-state index contributed by atoms with van der Waals surface area (Å²) in [5, 5.41) is 3.18. The molecule has 0 unspecified atom stereocenters. The first-order chi connectivity index (χ1) is 16.5. The average Bonchev–Trinajstić information content (AvgIpc) is 3.37. The summed E-state index contributed by atoms with van der Waals surface area (Å²) >= 11 is 1.21. The Kier molecular flexibility index (Phi) is 5.74. The van der Waals surface area contributed by atoms with Crippen molar-refractivity contribution < 1.29 is 23.9 Å². The summed E-state index contributed by atoms with van der Waals surface area (Å²) in [6.45, 7) is 3.08. The zero-order valence-corrected chi connectivity index (χ0v) is 19.3. The van der Waals surface area contributed by atoms with Crippen LogP contribution in [0.4, 0.5) is 15.6 Å². The number of amides is 4. The monoisotopic (exact) mass is 478 g/mol. The minimum absolute atomic E-state index is 0.168. The number of urea groups is 1. The Hall–Kier alpha value is -3.79. The second-order valence-electron chi connectivity index (χ2n) is 8.11. The highest BCUT2D eigenvalue weighted by atomic mass is 32.1. The number of hydrogen-bond acceptors (Lipinski definition) is 7. The third-order valence-corrected chi connectivity index (χ3v) is 7.02. The lowest BCUT2D eigenvalue weighted by Gasteiger charge is -2.30. The smallest absolute Gasteiger partial charge is 0.321 e.